The Bertz CT molecular complexity index is 1080. The van der Waals surface area contributed by atoms with E-state index in [1.807, 2.05) is 42.5 Å². The number of fused-ring (bicyclic) bond motifs is 1. The Morgan fingerprint density at radius 1 is 0.828 bits per heavy atom. The fourth-order valence-corrected chi connectivity index (χ4v) is 5.39. The fourth-order valence-electron chi connectivity index (χ4n) is 3.77. The predicted octanol–water partition coefficient (Wildman–Crippen LogP) is 4.14. The number of rotatable bonds is 6. The fraction of sp³-hybridized carbons (Fsp3) is 0.304. The minimum Gasteiger partial charge on any atom is -0.493 e. The highest BCUT2D eigenvalue weighted by molar-refractivity contribution is 7.89. The normalized spacial score (nSPS) is 15.6. The monoisotopic (exact) mass is 410 g/mol. The van der Waals surface area contributed by atoms with Crippen LogP contribution in [0.4, 0.5) is 5.69 Å². The minimum atomic E-state index is -3.58. The van der Waals surface area contributed by atoms with Gasteiger partial charge >= 0.3 is 0 Å². The van der Waals surface area contributed by atoms with E-state index in [0.717, 1.165) is 23.2 Å². The highest BCUT2D eigenvalue weighted by Gasteiger charge is 2.30. The molecule has 1 heterocycles. The summed E-state index contributed by atoms with van der Waals surface area (Å²) in [6.07, 6.45) is 0.903. The third kappa shape index (κ3) is 3.95. The van der Waals surface area contributed by atoms with Gasteiger partial charge in [-0.2, -0.15) is 4.31 Å². The van der Waals surface area contributed by atoms with Crippen molar-refractivity contribution in [1.29, 1.82) is 0 Å². The Morgan fingerprint density at radius 2 is 1.48 bits per heavy atom. The van der Waals surface area contributed by atoms with Crippen molar-refractivity contribution in [1.82, 2.24) is 4.31 Å². The van der Waals surface area contributed by atoms with Crippen LogP contribution in [0, 0.1) is 0 Å². The third-order valence-electron chi connectivity index (χ3n) is 5.28. The molecule has 0 aromatic heterocycles. The molecular weight excluding hydrogens is 384 g/mol. The Hall–Kier alpha value is -2.57. The molecule has 3 aromatic rings. The van der Waals surface area contributed by atoms with Gasteiger partial charge in [-0.05, 0) is 30.7 Å². The summed E-state index contributed by atoms with van der Waals surface area (Å²) in [5.41, 5.74) is 1.13. The number of piperazine rings is 1. The van der Waals surface area contributed by atoms with Crippen LogP contribution in [0.15, 0.2) is 71.6 Å². The summed E-state index contributed by atoms with van der Waals surface area (Å²) < 4.78 is 34.3. The SMILES string of the molecule is CCCOc1ccc(S(=O)(=O)N2CCN(c3ccccc3)CC2)c2ccccc12. The summed E-state index contributed by atoms with van der Waals surface area (Å²) in [5, 5.41) is 1.55. The molecule has 0 atom stereocenters. The molecule has 1 saturated heterocycles. The predicted molar refractivity (Wildman–Crippen MR) is 117 cm³/mol. The summed E-state index contributed by atoms with van der Waals surface area (Å²) in [4.78, 5) is 2.58. The molecular formula is C23H26N2O3S. The lowest BCUT2D eigenvalue weighted by molar-refractivity contribution is 0.321. The van der Waals surface area contributed by atoms with Gasteiger partial charge < -0.3 is 9.64 Å². The Morgan fingerprint density at radius 3 is 2.17 bits per heavy atom. The second kappa shape index (κ2) is 8.43. The molecule has 0 radical (unpaired) electrons. The first-order chi connectivity index (χ1) is 14.1. The molecule has 0 aliphatic carbocycles. The standard InChI is InChI=1S/C23H26N2O3S/c1-2-18-28-22-12-13-23(21-11-7-6-10-20(21)22)29(26,27)25-16-14-24(15-17-25)19-8-4-3-5-9-19/h3-13H,2,14-18H2,1H3. The lowest BCUT2D eigenvalue weighted by Crippen LogP contribution is -2.48. The Balaban J connectivity index is 1.60. The van der Waals surface area contributed by atoms with Crippen molar-refractivity contribution >= 4 is 26.5 Å². The second-order valence-corrected chi connectivity index (χ2v) is 9.09. The van der Waals surface area contributed by atoms with Gasteiger partial charge in [0, 0.05) is 42.6 Å². The zero-order chi connectivity index (χ0) is 20.3. The van der Waals surface area contributed by atoms with Gasteiger partial charge in [0.15, 0.2) is 0 Å². The summed E-state index contributed by atoms with van der Waals surface area (Å²) in [7, 11) is -3.58. The zero-order valence-electron chi connectivity index (χ0n) is 16.6. The molecule has 5 nitrogen and oxygen atoms in total. The van der Waals surface area contributed by atoms with E-state index in [1.165, 1.54) is 0 Å². The van der Waals surface area contributed by atoms with E-state index < -0.39 is 10.0 Å². The summed E-state index contributed by atoms with van der Waals surface area (Å²) in [5.74, 6) is 0.732. The Labute approximate surface area is 172 Å². The maximum absolute atomic E-state index is 13.4. The Kier molecular flexibility index (Phi) is 5.74. The van der Waals surface area contributed by atoms with Crippen LogP contribution >= 0.6 is 0 Å². The lowest BCUT2D eigenvalue weighted by atomic mass is 10.1. The van der Waals surface area contributed by atoms with E-state index in [2.05, 4.69) is 24.0 Å². The van der Waals surface area contributed by atoms with Crippen LogP contribution in [-0.2, 0) is 10.0 Å². The number of benzene rings is 3. The van der Waals surface area contributed by atoms with Crippen LogP contribution < -0.4 is 9.64 Å². The van der Waals surface area contributed by atoms with Crippen LogP contribution in [0.2, 0.25) is 0 Å². The maximum atomic E-state index is 13.4. The van der Waals surface area contributed by atoms with E-state index in [4.69, 9.17) is 4.74 Å². The van der Waals surface area contributed by atoms with Gasteiger partial charge in [0.2, 0.25) is 10.0 Å². The molecule has 1 fully saturated rings. The number of hydrogen-bond acceptors (Lipinski definition) is 4. The van der Waals surface area contributed by atoms with Crippen LogP contribution in [0.3, 0.4) is 0 Å². The first-order valence-corrected chi connectivity index (χ1v) is 11.5. The molecule has 0 spiro atoms. The van der Waals surface area contributed by atoms with Crippen molar-refractivity contribution in [2.75, 3.05) is 37.7 Å². The summed E-state index contributed by atoms with van der Waals surface area (Å²) in [6.45, 7) is 4.96. The van der Waals surface area contributed by atoms with Crippen LogP contribution in [0.25, 0.3) is 10.8 Å². The number of para-hydroxylation sites is 1. The van der Waals surface area contributed by atoms with Crippen molar-refractivity contribution in [3.05, 3.63) is 66.7 Å². The van der Waals surface area contributed by atoms with E-state index >= 15 is 0 Å². The molecule has 0 saturated carbocycles. The van der Waals surface area contributed by atoms with Gasteiger partial charge in [0.25, 0.3) is 0 Å². The molecule has 0 N–H and O–H groups in total. The topological polar surface area (TPSA) is 49.9 Å². The van der Waals surface area contributed by atoms with Gasteiger partial charge in [-0.25, -0.2) is 8.42 Å². The number of sulfonamides is 1. The van der Waals surface area contributed by atoms with Crippen molar-refractivity contribution < 1.29 is 13.2 Å². The van der Waals surface area contributed by atoms with Gasteiger partial charge in [0.05, 0.1) is 11.5 Å². The van der Waals surface area contributed by atoms with Crippen molar-refractivity contribution in [2.45, 2.75) is 18.2 Å². The van der Waals surface area contributed by atoms with Gasteiger partial charge in [-0.1, -0.05) is 49.4 Å². The van der Waals surface area contributed by atoms with Crippen LogP contribution in [0.1, 0.15) is 13.3 Å². The zero-order valence-corrected chi connectivity index (χ0v) is 17.4. The summed E-state index contributed by atoms with van der Waals surface area (Å²) >= 11 is 0. The second-order valence-electron chi connectivity index (χ2n) is 7.18. The molecule has 0 amide bonds. The molecule has 0 unspecified atom stereocenters. The number of anilines is 1. The minimum absolute atomic E-state index is 0.352. The molecule has 6 heteroatoms. The number of ether oxygens (including phenoxy) is 1. The largest absolute Gasteiger partial charge is 0.493 e. The molecule has 29 heavy (non-hydrogen) atoms. The van der Waals surface area contributed by atoms with Gasteiger partial charge in [-0.3, -0.25) is 0 Å². The summed E-state index contributed by atoms with van der Waals surface area (Å²) in [6, 6.07) is 21.2. The average molecular weight is 411 g/mol. The first kappa shape index (κ1) is 19.7. The van der Waals surface area contributed by atoms with Crippen molar-refractivity contribution in [2.24, 2.45) is 0 Å². The molecule has 152 valence electrons. The molecule has 3 aromatic carbocycles. The van der Waals surface area contributed by atoms with Gasteiger partial charge in [-0.15, -0.1) is 0 Å². The van der Waals surface area contributed by atoms with E-state index in [1.54, 1.807) is 16.4 Å². The van der Waals surface area contributed by atoms with E-state index in [-0.39, 0.29) is 0 Å². The van der Waals surface area contributed by atoms with E-state index in [9.17, 15) is 8.42 Å². The number of hydrogen-bond donors (Lipinski definition) is 0. The molecule has 1 aliphatic heterocycles. The van der Waals surface area contributed by atoms with Gasteiger partial charge in [0.1, 0.15) is 5.75 Å². The van der Waals surface area contributed by atoms with Crippen molar-refractivity contribution in [3.63, 3.8) is 0 Å². The van der Waals surface area contributed by atoms with Crippen LogP contribution in [-0.4, -0.2) is 45.5 Å². The van der Waals surface area contributed by atoms with Crippen LogP contribution in [0.5, 0.6) is 5.75 Å². The molecule has 0 bridgehead atoms. The quantitative estimate of drug-likeness (QED) is 0.613. The highest BCUT2D eigenvalue weighted by Crippen LogP contribution is 2.33. The van der Waals surface area contributed by atoms with Crippen molar-refractivity contribution in [3.8, 4) is 5.75 Å². The maximum Gasteiger partial charge on any atom is 0.243 e. The molecule has 1 aliphatic rings. The van der Waals surface area contributed by atoms with E-state index in [0.29, 0.717) is 43.1 Å². The lowest BCUT2D eigenvalue weighted by Gasteiger charge is -2.35. The number of nitrogens with zero attached hydrogens (tertiary/aromatic N) is 2. The molecule has 4 rings (SSSR count). The average Bonchev–Trinajstić information content (AvgIpc) is 2.78. The first-order valence-electron chi connectivity index (χ1n) is 10.1. The highest BCUT2D eigenvalue weighted by atomic mass is 32.2. The smallest absolute Gasteiger partial charge is 0.243 e. The third-order valence-corrected chi connectivity index (χ3v) is 7.24.